The van der Waals surface area contributed by atoms with E-state index in [0.29, 0.717) is 24.3 Å². The van der Waals surface area contributed by atoms with Gasteiger partial charge in [0.05, 0.1) is 5.56 Å². The fourth-order valence-electron chi connectivity index (χ4n) is 1.63. The summed E-state index contributed by atoms with van der Waals surface area (Å²) in [7, 11) is 3.39. The molecule has 110 valence electrons. The molecular weight excluding hydrogens is 258 g/mol. The first-order valence-electron chi connectivity index (χ1n) is 6.53. The molecule has 0 saturated carbocycles. The SMILES string of the molecule is CC(CCC(=O)O)CNc1ccc(C(=O)N(C)C)cn1. The van der Waals surface area contributed by atoms with Crippen molar-refractivity contribution in [2.45, 2.75) is 19.8 Å². The second-order valence-corrected chi connectivity index (χ2v) is 5.05. The van der Waals surface area contributed by atoms with E-state index in [9.17, 15) is 9.59 Å². The van der Waals surface area contributed by atoms with E-state index >= 15 is 0 Å². The van der Waals surface area contributed by atoms with E-state index in [2.05, 4.69) is 10.3 Å². The zero-order chi connectivity index (χ0) is 15.1. The van der Waals surface area contributed by atoms with Crippen molar-refractivity contribution in [3.05, 3.63) is 23.9 Å². The van der Waals surface area contributed by atoms with Crippen molar-refractivity contribution in [3.8, 4) is 0 Å². The van der Waals surface area contributed by atoms with Gasteiger partial charge in [-0.25, -0.2) is 4.98 Å². The minimum absolute atomic E-state index is 0.0844. The number of carboxylic acids is 1. The van der Waals surface area contributed by atoms with Crippen LogP contribution in [0.5, 0.6) is 0 Å². The van der Waals surface area contributed by atoms with Crippen LogP contribution in [0.25, 0.3) is 0 Å². The fourth-order valence-corrected chi connectivity index (χ4v) is 1.63. The van der Waals surface area contributed by atoms with E-state index < -0.39 is 5.97 Å². The largest absolute Gasteiger partial charge is 0.481 e. The van der Waals surface area contributed by atoms with Gasteiger partial charge in [-0.05, 0) is 24.5 Å². The Hall–Kier alpha value is -2.11. The molecule has 0 aliphatic heterocycles. The highest BCUT2D eigenvalue weighted by molar-refractivity contribution is 5.93. The van der Waals surface area contributed by atoms with Crippen LogP contribution in [0, 0.1) is 5.92 Å². The van der Waals surface area contributed by atoms with Crippen LogP contribution in [0.1, 0.15) is 30.1 Å². The van der Waals surface area contributed by atoms with Crippen LogP contribution in [0.4, 0.5) is 5.82 Å². The molecule has 1 atom stereocenters. The Kier molecular flexibility index (Phi) is 5.96. The van der Waals surface area contributed by atoms with Gasteiger partial charge < -0.3 is 15.3 Å². The van der Waals surface area contributed by atoms with Gasteiger partial charge in [-0.1, -0.05) is 6.92 Å². The number of anilines is 1. The number of aliphatic carboxylic acids is 1. The third-order valence-corrected chi connectivity index (χ3v) is 2.90. The van der Waals surface area contributed by atoms with E-state index in [0.717, 1.165) is 0 Å². The molecule has 1 amide bonds. The first-order valence-corrected chi connectivity index (χ1v) is 6.53. The quantitative estimate of drug-likeness (QED) is 0.793. The van der Waals surface area contributed by atoms with Crippen molar-refractivity contribution in [2.24, 2.45) is 5.92 Å². The van der Waals surface area contributed by atoms with E-state index in [4.69, 9.17) is 5.11 Å². The molecule has 1 unspecified atom stereocenters. The smallest absolute Gasteiger partial charge is 0.303 e. The van der Waals surface area contributed by atoms with Crippen molar-refractivity contribution >= 4 is 17.7 Å². The summed E-state index contributed by atoms with van der Waals surface area (Å²) in [4.78, 5) is 27.8. The van der Waals surface area contributed by atoms with Crippen molar-refractivity contribution in [2.75, 3.05) is 26.0 Å². The van der Waals surface area contributed by atoms with E-state index in [1.807, 2.05) is 6.92 Å². The number of nitrogens with zero attached hydrogens (tertiary/aromatic N) is 2. The highest BCUT2D eigenvalue weighted by Gasteiger charge is 2.09. The summed E-state index contributed by atoms with van der Waals surface area (Å²) >= 11 is 0. The molecule has 0 fully saturated rings. The predicted molar refractivity (Wildman–Crippen MR) is 76.8 cm³/mol. The summed E-state index contributed by atoms with van der Waals surface area (Å²) in [5.41, 5.74) is 0.541. The molecule has 1 aromatic heterocycles. The molecule has 2 N–H and O–H groups in total. The Morgan fingerprint density at radius 1 is 1.40 bits per heavy atom. The first-order chi connectivity index (χ1) is 9.40. The van der Waals surface area contributed by atoms with Gasteiger partial charge in [0.2, 0.25) is 0 Å². The molecule has 0 bridgehead atoms. The number of nitrogens with one attached hydrogen (secondary N) is 1. The highest BCUT2D eigenvalue weighted by Crippen LogP contribution is 2.10. The van der Waals surface area contributed by atoms with Gasteiger partial charge in [-0.3, -0.25) is 9.59 Å². The molecule has 6 heteroatoms. The maximum atomic E-state index is 11.7. The van der Waals surface area contributed by atoms with Crippen LogP contribution in [-0.2, 0) is 4.79 Å². The Balaban J connectivity index is 2.45. The van der Waals surface area contributed by atoms with Gasteiger partial charge in [0.15, 0.2) is 0 Å². The first kappa shape index (κ1) is 15.9. The Labute approximate surface area is 118 Å². The number of pyridine rings is 1. The van der Waals surface area contributed by atoms with Gasteiger partial charge in [-0.15, -0.1) is 0 Å². The Bertz CT molecular complexity index is 457. The lowest BCUT2D eigenvalue weighted by atomic mass is 10.1. The maximum Gasteiger partial charge on any atom is 0.303 e. The maximum absolute atomic E-state index is 11.7. The highest BCUT2D eigenvalue weighted by atomic mass is 16.4. The molecule has 6 nitrogen and oxygen atoms in total. The molecule has 0 spiro atoms. The number of rotatable bonds is 7. The third-order valence-electron chi connectivity index (χ3n) is 2.90. The van der Waals surface area contributed by atoms with Crippen LogP contribution in [0.15, 0.2) is 18.3 Å². The second kappa shape index (κ2) is 7.47. The molecular formula is C14H21N3O3. The van der Waals surface area contributed by atoms with E-state index in [1.165, 1.54) is 11.1 Å². The van der Waals surface area contributed by atoms with E-state index in [-0.39, 0.29) is 18.2 Å². The van der Waals surface area contributed by atoms with Gasteiger partial charge in [0.1, 0.15) is 5.82 Å². The minimum Gasteiger partial charge on any atom is -0.481 e. The number of hydrogen-bond donors (Lipinski definition) is 2. The van der Waals surface area contributed by atoms with Gasteiger partial charge in [-0.2, -0.15) is 0 Å². The molecule has 0 aromatic carbocycles. The van der Waals surface area contributed by atoms with Crippen LogP contribution < -0.4 is 5.32 Å². The lowest BCUT2D eigenvalue weighted by molar-refractivity contribution is -0.137. The van der Waals surface area contributed by atoms with Crippen molar-refractivity contribution in [1.82, 2.24) is 9.88 Å². The van der Waals surface area contributed by atoms with Crippen molar-refractivity contribution in [3.63, 3.8) is 0 Å². The van der Waals surface area contributed by atoms with Gasteiger partial charge >= 0.3 is 5.97 Å². The fraction of sp³-hybridized carbons (Fsp3) is 0.500. The lowest BCUT2D eigenvalue weighted by Crippen LogP contribution is -2.21. The van der Waals surface area contributed by atoms with Crippen LogP contribution in [0.3, 0.4) is 0 Å². The molecule has 0 radical (unpaired) electrons. The average Bonchev–Trinajstić information content (AvgIpc) is 2.42. The number of amides is 1. The van der Waals surface area contributed by atoms with Gasteiger partial charge in [0.25, 0.3) is 5.91 Å². The Morgan fingerprint density at radius 2 is 2.10 bits per heavy atom. The average molecular weight is 279 g/mol. The van der Waals surface area contributed by atoms with Crippen LogP contribution in [-0.4, -0.2) is 47.5 Å². The van der Waals surface area contributed by atoms with Crippen LogP contribution >= 0.6 is 0 Å². The minimum atomic E-state index is -0.776. The number of hydrogen-bond acceptors (Lipinski definition) is 4. The van der Waals surface area contributed by atoms with Crippen molar-refractivity contribution in [1.29, 1.82) is 0 Å². The summed E-state index contributed by atoms with van der Waals surface area (Å²) < 4.78 is 0. The number of aromatic nitrogens is 1. The summed E-state index contributed by atoms with van der Waals surface area (Å²) in [5, 5.41) is 11.7. The third kappa shape index (κ3) is 5.26. The summed E-state index contributed by atoms with van der Waals surface area (Å²) in [6.07, 6.45) is 2.33. The number of carbonyl (C=O) groups is 2. The zero-order valence-electron chi connectivity index (χ0n) is 12.1. The molecule has 1 aromatic rings. The summed E-state index contributed by atoms with van der Waals surface area (Å²) in [6, 6.07) is 3.47. The van der Waals surface area contributed by atoms with Crippen LogP contribution in [0.2, 0.25) is 0 Å². The molecule has 1 rings (SSSR count). The van der Waals surface area contributed by atoms with Gasteiger partial charge in [0, 0.05) is 33.3 Å². The molecule has 1 heterocycles. The number of carbonyl (C=O) groups excluding carboxylic acids is 1. The zero-order valence-corrected chi connectivity index (χ0v) is 12.1. The monoisotopic (exact) mass is 279 g/mol. The lowest BCUT2D eigenvalue weighted by Gasteiger charge is -2.13. The molecule has 0 aliphatic rings. The number of carboxylic acid groups (broad SMARTS) is 1. The molecule has 0 saturated heterocycles. The normalized spacial score (nSPS) is 11.8. The van der Waals surface area contributed by atoms with E-state index in [1.54, 1.807) is 26.2 Å². The summed E-state index contributed by atoms with van der Waals surface area (Å²) in [6.45, 7) is 2.64. The topological polar surface area (TPSA) is 82.5 Å². The van der Waals surface area contributed by atoms with Crippen molar-refractivity contribution < 1.29 is 14.7 Å². The molecule has 20 heavy (non-hydrogen) atoms. The molecule has 0 aliphatic carbocycles. The Morgan fingerprint density at radius 3 is 2.60 bits per heavy atom. The predicted octanol–water partition coefficient (Wildman–Crippen LogP) is 1.70. The standard InChI is InChI=1S/C14H21N3O3/c1-10(4-7-13(18)19)8-15-12-6-5-11(9-16-12)14(20)17(2)3/h5-6,9-10H,4,7-8H2,1-3H3,(H,15,16)(H,18,19). The second-order valence-electron chi connectivity index (χ2n) is 5.05. The summed E-state index contributed by atoms with van der Waals surface area (Å²) in [5.74, 6) is 0.0684.